The summed E-state index contributed by atoms with van der Waals surface area (Å²) in [5.74, 6) is 0.488. The molecule has 0 bridgehead atoms. The van der Waals surface area contributed by atoms with Crippen LogP contribution in [0, 0.1) is 0 Å². The first-order valence-corrected chi connectivity index (χ1v) is 3.84. The van der Waals surface area contributed by atoms with Crippen LogP contribution in [0.15, 0.2) is 0 Å². The van der Waals surface area contributed by atoms with Gasteiger partial charge in [-0.1, -0.05) is 0 Å². The molecule has 1 heterocycles. The predicted octanol–water partition coefficient (Wildman–Crippen LogP) is 0.581. The third-order valence-corrected chi connectivity index (χ3v) is 2.19. The SMILES string of the molecule is Nc1nn(O)c2c1CCCC2. The highest BCUT2D eigenvalue weighted by Gasteiger charge is 2.18. The van der Waals surface area contributed by atoms with E-state index in [-0.39, 0.29) is 0 Å². The average molecular weight is 153 g/mol. The lowest BCUT2D eigenvalue weighted by Crippen LogP contribution is -2.06. The van der Waals surface area contributed by atoms with Gasteiger partial charge in [-0.15, -0.1) is 9.94 Å². The quantitative estimate of drug-likeness (QED) is 0.536. The molecule has 0 spiro atoms. The Morgan fingerprint density at radius 2 is 2.09 bits per heavy atom. The molecule has 2 rings (SSSR count). The molecule has 3 N–H and O–H groups in total. The van der Waals surface area contributed by atoms with Crippen LogP contribution >= 0.6 is 0 Å². The smallest absolute Gasteiger partial charge is 0.152 e. The number of fused-ring (bicyclic) bond motifs is 1. The molecule has 0 aliphatic heterocycles. The summed E-state index contributed by atoms with van der Waals surface area (Å²) in [6.07, 6.45) is 4.14. The van der Waals surface area contributed by atoms with E-state index < -0.39 is 0 Å². The molecule has 0 amide bonds. The van der Waals surface area contributed by atoms with Gasteiger partial charge in [-0.3, -0.25) is 0 Å². The van der Waals surface area contributed by atoms with Gasteiger partial charge in [0, 0.05) is 5.56 Å². The van der Waals surface area contributed by atoms with Crippen molar-refractivity contribution in [3.05, 3.63) is 11.3 Å². The molecule has 1 aromatic heterocycles. The summed E-state index contributed by atoms with van der Waals surface area (Å²) in [7, 11) is 0. The number of rotatable bonds is 0. The Hall–Kier alpha value is -1.19. The lowest BCUT2D eigenvalue weighted by atomic mass is 9.98. The van der Waals surface area contributed by atoms with Crippen LogP contribution < -0.4 is 5.73 Å². The van der Waals surface area contributed by atoms with Gasteiger partial charge in [0.25, 0.3) is 0 Å². The summed E-state index contributed by atoms with van der Waals surface area (Å²) >= 11 is 0. The number of anilines is 1. The molecule has 0 atom stereocenters. The Morgan fingerprint density at radius 3 is 2.82 bits per heavy atom. The molecule has 4 nitrogen and oxygen atoms in total. The third kappa shape index (κ3) is 0.859. The molecule has 11 heavy (non-hydrogen) atoms. The summed E-state index contributed by atoms with van der Waals surface area (Å²) in [5.41, 5.74) is 7.51. The maximum absolute atomic E-state index is 9.20. The minimum atomic E-state index is 0.488. The number of hydrogen-bond donors (Lipinski definition) is 2. The molecule has 0 saturated carbocycles. The van der Waals surface area contributed by atoms with Gasteiger partial charge < -0.3 is 10.9 Å². The number of aromatic nitrogens is 2. The molecular formula is C7H11N3O. The highest BCUT2D eigenvalue weighted by Crippen LogP contribution is 2.24. The third-order valence-electron chi connectivity index (χ3n) is 2.19. The Labute approximate surface area is 64.6 Å². The first-order chi connectivity index (χ1) is 5.29. The van der Waals surface area contributed by atoms with Gasteiger partial charge in [0.15, 0.2) is 5.82 Å². The van der Waals surface area contributed by atoms with E-state index in [1.807, 2.05) is 0 Å². The molecule has 0 saturated heterocycles. The second-order valence-electron chi connectivity index (χ2n) is 2.91. The fraction of sp³-hybridized carbons (Fsp3) is 0.571. The van der Waals surface area contributed by atoms with E-state index in [1.54, 1.807) is 0 Å². The summed E-state index contributed by atoms with van der Waals surface area (Å²) < 4.78 is 0. The van der Waals surface area contributed by atoms with Crippen LogP contribution in [0.25, 0.3) is 0 Å². The highest BCUT2D eigenvalue weighted by atomic mass is 16.5. The average Bonchev–Trinajstić information content (AvgIpc) is 2.30. The topological polar surface area (TPSA) is 64.1 Å². The van der Waals surface area contributed by atoms with E-state index in [4.69, 9.17) is 5.73 Å². The van der Waals surface area contributed by atoms with Crippen molar-refractivity contribution in [1.82, 2.24) is 9.94 Å². The van der Waals surface area contributed by atoms with Gasteiger partial charge in [0.2, 0.25) is 0 Å². The molecular weight excluding hydrogens is 142 g/mol. The molecule has 0 radical (unpaired) electrons. The standard InChI is InChI=1S/C7H11N3O/c8-7-5-3-1-2-4-6(5)10(11)9-7/h11H,1-4H2,(H2,8,9). The zero-order valence-electron chi connectivity index (χ0n) is 6.25. The number of hydrogen-bond acceptors (Lipinski definition) is 3. The first-order valence-electron chi connectivity index (χ1n) is 3.84. The van der Waals surface area contributed by atoms with Crippen LogP contribution in [0.5, 0.6) is 0 Å². The van der Waals surface area contributed by atoms with Crippen molar-refractivity contribution in [2.24, 2.45) is 0 Å². The first kappa shape index (κ1) is 6.52. The molecule has 4 heteroatoms. The van der Waals surface area contributed by atoms with Crippen molar-refractivity contribution in [3.8, 4) is 0 Å². The largest absolute Gasteiger partial charge is 0.411 e. The lowest BCUT2D eigenvalue weighted by Gasteiger charge is -2.09. The van der Waals surface area contributed by atoms with Crippen LogP contribution in [0.2, 0.25) is 0 Å². The number of nitrogens with zero attached hydrogens (tertiary/aromatic N) is 2. The summed E-state index contributed by atoms with van der Waals surface area (Å²) in [4.78, 5) is 0.920. The monoisotopic (exact) mass is 153 g/mol. The lowest BCUT2D eigenvalue weighted by molar-refractivity contribution is 0.139. The Kier molecular flexibility index (Phi) is 1.27. The Morgan fingerprint density at radius 1 is 1.36 bits per heavy atom. The maximum Gasteiger partial charge on any atom is 0.152 e. The summed E-state index contributed by atoms with van der Waals surface area (Å²) in [5, 5.41) is 12.9. The zero-order valence-corrected chi connectivity index (χ0v) is 6.25. The fourth-order valence-corrected chi connectivity index (χ4v) is 1.61. The van der Waals surface area contributed by atoms with Crippen LogP contribution in [0.4, 0.5) is 5.82 Å². The zero-order chi connectivity index (χ0) is 7.84. The highest BCUT2D eigenvalue weighted by molar-refractivity contribution is 5.43. The van der Waals surface area contributed by atoms with Crippen LogP contribution in [0.1, 0.15) is 24.1 Å². The van der Waals surface area contributed by atoms with E-state index in [0.29, 0.717) is 5.82 Å². The number of nitrogens with two attached hydrogens (primary N) is 1. The minimum Gasteiger partial charge on any atom is -0.411 e. The van der Waals surface area contributed by atoms with E-state index in [0.717, 1.165) is 41.8 Å². The fourth-order valence-electron chi connectivity index (χ4n) is 1.61. The number of nitrogen functional groups attached to an aromatic ring is 1. The molecule has 1 aliphatic carbocycles. The van der Waals surface area contributed by atoms with Crippen molar-refractivity contribution < 1.29 is 5.21 Å². The van der Waals surface area contributed by atoms with Crippen molar-refractivity contribution in [2.75, 3.05) is 5.73 Å². The van der Waals surface area contributed by atoms with Crippen molar-refractivity contribution in [1.29, 1.82) is 0 Å². The molecule has 0 aromatic carbocycles. The molecule has 0 unspecified atom stereocenters. The van der Waals surface area contributed by atoms with Gasteiger partial charge in [-0.05, 0) is 25.7 Å². The van der Waals surface area contributed by atoms with E-state index in [9.17, 15) is 5.21 Å². The van der Waals surface area contributed by atoms with Gasteiger partial charge in [-0.2, -0.15) is 0 Å². The normalized spacial score (nSPS) is 16.4. The van der Waals surface area contributed by atoms with E-state index in [1.165, 1.54) is 0 Å². The predicted molar refractivity (Wildman–Crippen MR) is 40.5 cm³/mol. The minimum absolute atomic E-state index is 0.488. The molecule has 0 fully saturated rings. The van der Waals surface area contributed by atoms with Gasteiger partial charge in [0.05, 0.1) is 5.69 Å². The van der Waals surface area contributed by atoms with E-state index >= 15 is 0 Å². The van der Waals surface area contributed by atoms with Crippen molar-refractivity contribution in [3.63, 3.8) is 0 Å². The van der Waals surface area contributed by atoms with E-state index in [2.05, 4.69) is 5.10 Å². The summed E-state index contributed by atoms with van der Waals surface area (Å²) in [6.45, 7) is 0. The van der Waals surface area contributed by atoms with Gasteiger partial charge >= 0.3 is 0 Å². The maximum atomic E-state index is 9.20. The van der Waals surface area contributed by atoms with Crippen LogP contribution in [0.3, 0.4) is 0 Å². The van der Waals surface area contributed by atoms with Crippen molar-refractivity contribution in [2.45, 2.75) is 25.7 Å². The van der Waals surface area contributed by atoms with Crippen LogP contribution in [-0.4, -0.2) is 15.2 Å². The Bertz CT molecular complexity index is 253. The molecule has 60 valence electrons. The second kappa shape index (κ2) is 2.15. The van der Waals surface area contributed by atoms with Crippen LogP contribution in [-0.2, 0) is 12.8 Å². The molecule has 1 aromatic rings. The van der Waals surface area contributed by atoms with Gasteiger partial charge in [0.1, 0.15) is 0 Å². The summed E-state index contributed by atoms with van der Waals surface area (Å²) in [6, 6.07) is 0. The second-order valence-corrected chi connectivity index (χ2v) is 2.91. The van der Waals surface area contributed by atoms with Crippen molar-refractivity contribution >= 4 is 5.82 Å². The molecule has 1 aliphatic rings. The van der Waals surface area contributed by atoms with Gasteiger partial charge in [-0.25, -0.2) is 0 Å². The Balaban J connectivity index is 2.52.